The summed E-state index contributed by atoms with van der Waals surface area (Å²) >= 11 is 5.51. The van der Waals surface area contributed by atoms with Crippen LogP contribution < -0.4 is 0 Å². The number of benzene rings is 1. The van der Waals surface area contributed by atoms with Gasteiger partial charge in [-0.05, 0) is 25.0 Å². The van der Waals surface area contributed by atoms with Gasteiger partial charge in [-0.15, -0.1) is 11.6 Å². The van der Waals surface area contributed by atoms with Gasteiger partial charge in [-0.1, -0.05) is 18.2 Å². The summed E-state index contributed by atoms with van der Waals surface area (Å²) in [6.45, 7) is 1.83. The molecule has 0 amide bonds. The van der Waals surface area contributed by atoms with Gasteiger partial charge in [0.15, 0.2) is 0 Å². The molecule has 0 heterocycles. The Morgan fingerprint density at radius 1 is 1.53 bits per heavy atom. The molecule has 0 atom stereocenters. The molecule has 0 aromatic heterocycles. The van der Waals surface area contributed by atoms with Gasteiger partial charge >= 0.3 is 0 Å². The van der Waals surface area contributed by atoms with E-state index in [2.05, 4.69) is 0 Å². The highest BCUT2D eigenvalue weighted by molar-refractivity contribution is 6.17. The van der Waals surface area contributed by atoms with Crippen molar-refractivity contribution in [2.75, 3.05) is 5.88 Å². The van der Waals surface area contributed by atoms with Gasteiger partial charge in [0.05, 0.1) is 10.5 Å². The highest BCUT2D eigenvalue weighted by Gasteiger charge is 2.10. The van der Waals surface area contributed by atoms with E-state index in [1.807, 2.05) is 19.1 Å². The number of rotatable bonds is 4. The molecule has 0 spiro atoms. The highest BCUT2D eigenvalue weighted by atomic mass is 35.5. The summed E-state index contributed by atoms with van der Waals surface area (Å²) in [7, 11) is 0. The van der Waals surface area contributed by atoms with E-state index in [-0.39, 0.29) is 10.6 Å². The van der Waals surface area contributed by atoms with Crippen molar-refractivity contribution in [2.24, 2.45) is 0 Å². The lowest BCUT2D eigenvalue weighted by Crippen LogP contribution is -1.92. The summed E-state index contributed by atoms with van der Waals surface area (Å²) in [6, 6.07) is 5.17. The predicted octanol–water partition coefficient (Wildman–Crippen LogP) is 3.55. The molecule has 0 aliphatic heterocycles. The van der Waals surface area contributed by atoms with Crippen LogP contribution in [0, 0.1) is 17.0 Å². The van der Waals surface area contributed by atoms with Crippen LogP contribution in [-0.2, 0) is 0 Å². The predicted molar refractivity (Wildman–Crippen MR) is 62.2 cm³/mol. The van der Waals surface area contributed by atoms with E-state index in [1.165, 1.54) is 0 Å². The lowest BCUT2D eigenvalue weighted by molar-refractivity contribution is -0.385. The summed E-state index contributed by atoms with van der Waals surface area (Å²) in [5.41, 5.74) is 1.65. The zero-order chi connectivity index (χ0) is 11.3. The van der Waals surface area contributed by atoms with E-state index in [4.69, 9.17) is 11.6 Å². The second-order valence-electron chi connectivity index (χ2n) is 3.20. The van der Waals surface area contributed by atoms with Crippen LogP contribution in [-0.4, -0.2) is 10.8 Å². The number of halogens is 1. The number of nitro groups is 1. The first-order valence-corrected chi connectivity index (χ1v) is 5.16. The second kappa shape index (κ2) is 5.51. The fourth-order valence-electron chi connectivity index (χ4n) is 1.23. The molecule has 0 radical (unpaired) electrons. The summed E-state index contributed by atoms with van der Waals surface area (Å²) in [6.07, 6.45) is 4.29. The Morgan fingerprint density at radius 2 is 2.27 bits per heavy atom. The maximum absolute atomic E-state index is 10.8. The summed E-state index contributed by atoms with van der Waals surface area (Å²) in [4.78, 5) is 10.4. The Labute approximate surface area is 93.5 Å². The summed E-state index contributed by atoms with van der Waals surface area (Å²) < 4.78 is 0. The largest absolute Gasteiger partial charge is 0.276 e. The van der Waals surface area contributed by atoms with Crippen molar-refractivity contribution in [2.45, 2.75) is 13.3 Å². The fourth-order valence-corrected chi connectivity index (χ4v) is 1.35. The Bertz CT molecular complexity index is 388. The van der Waals surface area contributed by atoms with E-state index >= 15 is 0 Å². The quantitative estimate of drug-likeness (QED) is 0.447. The lowest BCUT2D eigenvalue weighted by atomic mass is 10.1. The number of hydrogen-bond acceptors (Lipinski definition) is 2. The average Bonchev–Trinajstić information content (AvgIpc) is 2.20. The summed E-state index contributed by atoms with van der Waals surface area (Å²) in [5.74, 6) is 0.524. The highest BCUT2D eigenvalue weighted by Crippen LogP contribution is 2.21. The third-order valence-corrected chi connectivity index (χ3v) is 2.17. The Kier molecular flexibility index (Phi) is 4.31. The van der Waals surface area contributed by atoms with Crippen LogP contribution in [0.4, 0.5) is 5.69 Å². The van der Waals surface area contributed by atoms with Gasteiger partial charge in [-0.3, -0.25) is 10.1 Å². The molecule has 3 nitrogen and oxygen atoms in total. The molecule has 0 fully saturated rings. The van der Waals surface area contributed by atoms with Crippen molar-refractivity contribution >= 4 is 23.4 Å². The van der Waals surface area contributed by atoms with E-state index in [1.54, 1.807) is 18.2 Å². The third kappa shape index (κ3) is 3.36. The van der Waals surface area contributed by atoms with Crippen LogP contribution in [0.15, 0.2) is 24.3 Å². The van der Waals surface area contributed by atoms with Crippen LogP contribution in [0.1, 0.15) is 17.5 Å². The molecule has 80 valence electrons. The standard InChI is InChI=1S/C11H12ClNO2/c1-9-5-6-10(4-2-3-7-12)11(8-9)13(14)15/h2,4-6,8H,3,7H2,1H3. The van der Waals surface area contributed by atoms with Gasteiger partial charge in [-0.25, -0.2) is 0 Å². The van der Waals surface area contributed by atoms with Gasteiger partial charge in [0.25, 0.3) is 5.69 Å². The minimum atomic E-state index is -0.368. The average molecular weight is 226 g/mol. The molecule has 1 aromatic carbocycles. The number of alkyl halides is 1. The molecule has 0 N–H and O–H groups in total. The zero-order valence-electron chi connectivity index (χ0n) is 8.44. The van der Waals surface area contributed by atoms with Crippen molar-refractivity contribution in [3.05, 3.63) is 45.5 Å². The molecule has 0 bridgehead atoms. The first-order valence-electron chi connectivity index (χ1n) is 4.62. The third-order valence-electron chi connectivity index (χ3n) is 1.96. The van der Waals surface area contributed by atoms with Gasteiger partial charge in [0, 0.05) is 11.9 Å². The first-order chi connectivity index (χ1) is 7.15. The van der Waals surface area contributed by atoms with E-state index in [9.17, 15) is 10.1 Å². The number of hydrogen-bond donors (Lipinski definition) is 0. The Hall–Kier alpha value is -1.35. The van der Waals surface area contributed by atoms with Gasteiger partial charge in [-0.2, -0.15) is 0 Å². The molecule has 0 unspecified atom stereocenters. The summed E-state index contributed by atoms with van der Waals surface area (Å²) in [5, 5.41) is 10.8. The smallest absolute Gasteiger partial charge is 0.258 e. The van der Waals surface area contributed by atoms with Crippen molar-refractivity contribution in [1.29, 1.82) is 0 Å². The van der Waals surface area contributed by atoms with Crippen LogP contribution in [0.25, 0.3) is 6.08 Å². The minimum absolute atomic E-state index is 0.140. The van der Waals surface area contributed by atoms with Crippen molar-refractivity contribution in [1.82, 2.24) is 0 Å². The topological polar surface area (TPSA) is 43.1 Å². The zero-order valence-corrected chi connectivity index (χ0v) is 9.20. The van der Waals surface area contributed by atoms with Gasteiger partial charge < -0.3 is 0 Å². The van der Waals surface area contributed by atoms with Crippen LogP contribution >= 0.6 is 11.6 Å². The molecule has 1 aromatic rings. The molecule has 0 aliphatic rings. The van der Waals surface area contributed by atoms with Crippen molar-refractivity contribution < 1.29 is 4.92 Å². The number of nitrogens with zero attached hydrogens (tertiary/aromatic N) is 1. The first kappa shape index (κ1) is 11.7. The molecule has 4 heteroatoms. The maximum Gasteiger partial charge on any atom is 0.276 e. The fraction of sp³-hybridized carbons (Fsp3) is 0.273. The maximum atomic E-state index is 10.8. The molecule has 0 saturated heterocycles. The molecule has 1 rings (SSSR count). The number of allylic oxidation sites excluding steroid dienone is 1. The normalized spacial score (nSPS) is 10.8. The SMILES string of the molecule is Cc1ccc(C=CCCCl)c([N+](=O)[O-])c1. The monoisotopic (exact) mass is 225 g/mol. The van der Waals surface area contributed by atoms with Crippen molar-refractivity contribution in [3.8, 4) is 0 Å². The van der Waals surface area contributed by atoms with E-state index < -0.39 is 0 Å². The minimum Gasteiger partial charge on any atom is -0.258 e. The van der Waals surface area contributed by atoms with Crippen LogP contribution in [0.2, 0.25) is 0 Å². The number of nitro benzene ring substituents is 1. The van der Waals surface area contributed by atoms with E-state index in [0.717, 1.165) is 5.56 Å². The van der Waals surface area contributed by atoms with Crippen molar-refractivity contribution in [3.63, 3.8) is 0 Å². The van der Waals surface area contributed by atoms with Gasteiger partial charge in [0.2, 0.25) is 0 Å². The lowest BCUT2D eigenvalue weighted by Gasteiger charge is -1.98. The molecular formula is C11H12ClNO2. The molecular weight excluding hydrogens is 214 g/mol. The molecule has 15 heavy (non-hydrogen) atoms. The molecule has 0 saturated carbocycles. The van der Waals surface area contributed by atoms with E-state index in [0.29, 0.717) is 17.9 Å². The van der Waals surface area contributed by atoms with Gasteiger partial charge in [0.1, 0.15) is 0 Å². The van der Waals surface area contributed by atoms with Crippen LogP contribution in [0.3, 0.4) is 0 Å². The Morgan fingerprint density at radius 3 is 2.87 bits per heavy atom. The number of aryl methyl sites for hydroxylation is 1. The molecule has 0 aliphatic carbocycles. The Balaban J connectivity index is 3.01. The second-order valence-corrected chi connectivity index (χ2v) is 3.58. The van der Waals surface area contributed by atoms with Crippen LogP contribution in [0.5, 0.6) is 0 Å².